The molecule has 1 heterocycles. The first kappa shape index (κ1) is 21.1. The number of aromatic nitrogens is 1. The number of halogens is 1. The Bertz CT molecular complexity index is 918. The molecule has 7 nitrogen and oxygen atoms in total. The van der Waals surface area contributed by atoms with Crippen molar-refractivity contribution in [3.8, 4) is 5.75 Å². The summed E-state index contributed by atoms with van der Waals surface area (Å²) in [6.07, 6.45) is -1.15. The minimum Gasteiger partial charge on any atom is -0.494 e. The molecule has 1 N–H and O–H groups in total. The zero-order valence-electron chi connectivity index (χ0n) is 16.3. The van der Waals surface area contributed by atoms with E-state index in [1.54, 1.807) is 20.8 Å². The van der Waals surface area contributed by atoms with Crippen molar-refractivity contribution in [2.75, 3.05) is 13.7 Å². The molecule has 0 amide bonds. The van der Waals surface area contributed by atoms with Crippen LogP contribution in [0.1, 0.15) is 56.3 Å². The highest BCUT2D eigenvalue weighted by molar-refractivity contribution is 6.04. The number of aromatic amines is 1. The molecular formula is C20H22FNO6. The lowest BCUT2D eigenvalue weighted by molar-refractivity contribution is 0.0316. The molecule has 0 aliphatic carbocycles. The lowest BCUT2D eigenvalue weighted by Crippen LogP contribution is -2.25. The van der Waals surface area contributed by atoms with Crippen LogP contribution in [0.2, 0.25) is 0 Å². The minimum absolute atomic E-state index is 0.00958. The standard InChI is InChI=1S/C20H22FNO6/c1-6-27-20(25)16-10(2)17(22-11(16)3)18(23)12(4)28-19(24)13-7-8-15(26-5)14(21)9-13/h7-9,12,22H,6H2,1-5H3. The Kier molecular flexibility index (Phi) is 6.56. The molecule has 2 rings (SSSR count). The number of aryl methyl sites for hydroxylation is 1. The number of H-pyrrole nitrogens is 1. The first-order valence-electron chi connectivity index (χ1n) is 8.66. The van der Waals surface area contributed by atoms with Gasteiger partial charge in [0.25, 0.3) is 0 Å². The molecule has 1 unspecified atom stereocenters. The normalized spacial score (nSPS) is 11.6. The molecule has 8 heteroatoms. The maximum Gasteiger partial charge on any atom is 0.340 e. The minimum atomic E-state index is -1.15. The van der Waals surface area contributed by atoms with E-state index in [1.807, 2.05) is 0 Å². The molecule has 0 saturated carbocycles. The summed E-state index contributed by atoms with van der Waals surface area (Å²) in [7, 11) is 1.31. The average Bonchev–Trinajstić information content (AvgIpc) is 2.95. The highest BCUT2D eigenvalue weighted by Gasteiger charge is 2.28. The predicted molar refractivity (Wildman–Crippen MR) is 98.4 cm³/mol. The van der Waals surface area contributed by atoms with Gasteiger partial charge in [-0.2, -0.15) is 0 Å². The van der Waals surface area contributed by atoms with Gasteiger partial charge in [-0.05, 0) is 51.5 Å². The lowest BCUT2D eigenvalue weighted by atomic mass is 10.1. The summed E-state index contributed by atoms with van der Waals surface area (Å²) in [5, 5.41) is 0. The topological polar surface area (TPSA) is 94.7 Å². The van der Waals surface area contributed by atoms with E-state index in [2.05, 4.69) is 4.98 Å². The lowest BCUT2D eigenvalue weighted by Gasteiger charge is -2.13. The fourth-order valence-corrected chi connectivity index (χ4v) is 2.78. The molecule has 0 saturated heterocycles. The second-order valence-electron chi connectivity index (χ2n) is 6.11. The van der Waals surface area contributed by atoms with Crippen LogP contribution in [0.4, 0.5) is 4.39 Å². The van der Waals surface area contributed by atoms with E-state index in [4.69, 9.17) is 14.2 Å². The number of carbonyl (C=O) groups excluding carboxylic acids is 3. The number of nitrogens with one attached hydrogen (secondary N) is 1. The average molecular weight is 391 g/mol. The third-order valence-electron chi connectivity index (χ3n) is 4.20. The van der Waals surface area contributed by atoms with Crippen LogP contribution in [0, 0.1) is 19.7 Å². The smallest absolute Gasteiger partial charge is 0.340 e. The largest absolute Gasteiger partial charge is 0.494 e. The monoisotopic (exact) mass is 391 g/mol. The quantitative estimate of drug-likeness (QED) is 0.574. The number of ketones is 1. The number of ether oxygens (including phenoxy) is 3. The molecule has 150 valence electrons. The van der Waals surface area contributed by atoms with Gasteiger partial charge < -0.3 is 19.2 Å². The Morgan fingerprint density at radius 3 is 2.43 bits per heavy atom. The third kappa shape index (κ3) is 4.21. The van der Waals surface area contributed by atoms with Crippen LogP contribution in [0.25, 0.3) is 0 Å². The number of Topliss-reactive ketones (excluding diaryl/α,β-unsaturated/α-hetero) is 1. The summed E-state index contributed by atoms with van der Waals surface area (Å²) in [6.45, 7) is 6.55. The molecule has 1 aromatic heterocycles. The molecule has 0 aliphatic heterocycles. The van der Waals surface area contributed by atoms with Crippen LogP contribution < -0.4 is 4.74 Å². The number of methoxy groups -OCH3 is 1. The summed E-state index contributed by atoms with van der Waals surface area (Å²) < 4.78 is 28.7. The Balaban J connectivity index is 2.19. The molecular weight excluding hydrogens is 369 g/mol. The third-order valence-corrected chi connectivity index (χ3v) is 4.20. The fourth-order valence-electron chi connectivity index (χ4n) is 2.78. The van der Waals surface area contributed by atoms with E-state index >= 15 is 0 Å². The molecule has 0 aliphatic rings. The van der Waals surface area contributed by atoms with Crippen molar-refractivity contribution in [2.45, 2.75) is 33.8 Å². The summed E-state index contributed by atoms with van der Waals surface area (Å²) in [6, 6.07) is 3.61. The molecule has 0 fully saturated rings. The first-order valence-corrected chi connectivity index (χ1v) is 8.66. The second kappa shape index (κ2) is 8.69. The molecule has 1 aromatic carbocycles. The number of rotatable bonds is 7. The second-order valence-corrected chi connectivity index (χ2v) is 6.11. The van der Waals surface area contributed by atoms with Crippen LogP contribution in [0.5, 0.6) is 5.75 Å². The van der Waals surface area contributed by atoms with E-state index in [0.717, 1.165) is 6.07 Å². The Labute approximate surface area is 161 Å². The van der Waals surface area contributed by atoms with Gasteiger partial charge in [0.05, 0.1) is 30.5 Å². The van der Waals surface area contributed by atoms with Gasteiger partial charge in [0, 0.05) is 5.69 Å². The summed E-state index contributed by atoms with van der Waals surface area (Å²) in [5.41, 5.74) is 1.28. The number of hydrogen-bond acceptors (Lipinski definition) is 6. The van der Waals surface area contributed by atoms with Crippen LogP contribution in [-0.2, 0) is 9.47 Å². The first-order chi connectivity index (χ1) is 13.2. The summed E-state index contributed by atoms with van der Waals surface area (Å²) in [4.78, 5) is 39.8. The van der Waals surface area contributed by atoms with E-state index < -0.39 is 29.6 Å². The SMILES string of the molecule is CCOC(=O)c1c(C)[nH]c(C(=O)C(C)OC(=O)c2ccc(OC)c(F)c2)c1C. The van der Waals surface area contributed by atoms with Gasteiger partial charge in [-0.3, -0.25) is 4.79 Å². The van der Waals surface area contributed by atoms with Crippen LogP contribution in [-0.4, -0.2) is 42.5 Å². The number of carbonyl (C=O) groups is 3. The highest BCUT2D eigenvalue weighted by atomic mass is 19.1. The molecule has 2 aromatic rings. The molecule has 0 spiro atoms. The van der Waals surface area contributed by atoms with Gasteiger partial charge in [0.2, 0.25) is 5.78 Å². The Morgan fingerprint density at radius 1 is 1.18 bits per heavy atom. The maximum atomic E-state index is 13.8. The van der Waals surface area contributed by atoms with Gasteiger partial charge in [0.1, 0.15) is 0 Å². The van der Waals surface area contributed by atoms with E-state index in [1.165, 1.54) is 26.2 Å². The van der Waals surface area contributed by atoms with Crippen molar-refractivity contribution in [3.63, 3.8) is 0 Å². The highest BCUT2D eigenvalue weighted by Crippen LogP contribution is 2.22. The Hall–Kier alpha value is -3.16. The van der Waals surface area contributed by atoms with Crippen molar-refractivity contribution in [1.82, 2.24) is 4.98 Å². The van der Waals surface area contributed by atoms with Gasteiger partial charge >= 0.3 is 11.9 Å². The van der Waals surface area contributed by atoms with E-state index in [-0.39, 0.29) is 29.2 Å². The fraction of sp³-hybridized carbons (Fsp3) is 0.350. The number of benzene rings is 1. The number of esters is 2. The van der Waals surface area contributed by atoms with Gasteiger partial charge in [-0.15, -0.1) is 0 Å². The summed E-state index contributed by atoms with van der Waals surface area (Å²) >= 11 is 0. The van der Waals surface area contributed by atoms with Crippen molar-refractivity contribution >= 4 is 17.7 Å². The molecule has 0 radical (unpaired) electrons. The van der Waals surface area contributed by atoms with Crippen LogP contribution >= 0.6 is 0 Å². The number of hydrogen-bond donors (Lipinski definition) is 1. The van der Waals surface area contributed by atoms with Crippen molar-refractivity contribution in [2.24, 2.45) is 0 Å². The van der Waals surface area contributed by atoms with E-state index in [0.29, 0.717) is 11.3 Å². The zero-order valence-corrected chi connectivity index (χ0v) is 16.3. The molecule has 28 heavy (non-hydrogen) atoms. The predicted octanol–water partition coefficient (Wildman–Crippen LogP) is 3.38. The Morgan fingerprint density at radius 2 is 1.86 bits per heavy atom. The van der Waals surface area contributed by atoms with Crippen LogP contribution in [0.3, 0.4) is 0 Å². The van der Waals surface area contributed by atoms with Gasteiger partial charge in [0.15, 0.2) is 17.7 Å². The van der Waals surface area contributed by atoms with Crippen molar-refractivity contribution in [3.05, 3.63) is 52.1 Å². The van der Waals surface area contributed by atoms with Gasteiger partial charge in [-0.25, -0.2) is 14.0 Å². The van der Waals surface area contributed by atoms with E-state index in [9.17, 15) is 18.8 Å². The van der Waals surface area contributed by atoms with Crippen LogP contribution in [0.15, 0.2) is 18.2 Å². The maximum absolute atomic E-state index is 13.8. The molecule has 1 atom stereocenters. The van der Waals surface area contributed by atoms with Crippen molar-refractivity contribution < 1.29 is 33.0 Å². The zero-order chi connectivity index (χ0) is 21.0. The summed E-state index contributed by atoms with van der Waals surface area (Å²) in [5.74, 6) is -2.63. The molecule has 0 bridgehead atoms. The van der Waals surface area contributed by atoms with Gasteiger partial charge in [-0.1, -0.05) is 0 Å². The van der Waals surface area contributed by atoms with Crippen molar-refractivity contribution in [1.29, 1.82) is 0 Å².